The topological polar surface area (TPSA) is 133 Å². The minimum absolute atomic E-state index is 0.0551. The summed E-state index contributed by atoms with van der Waals surface area (Å²) in [5, 5.41) is 5.29. The minimum atomic E-state index is -4.52. The normalized spacial score (nSPS) is 21.9. The molecule has 2 N–H and O–H groups in total. The molecule has 2 aromatic rings. The van der Waals surface area contributed by atoms with Crippen molar-refractivity contribution in [2.45, 2.75) is 36.1 Å². The predicted octanol–water partition coefficient (Wildman–Crippen LogP) is 2.14. The van der Waals surface area contributed by atoms with Gasteiger partial charge in [0.05, 0.1) is 24.9 Å². The average Bonchev–Trinajstić information content (AvgIpc) is 3.54. The molecule has 0 aliphatic carbocycles. The SMILES string of the molecule is O=C(NCC1CCCO1)C1CN(C(=O)Nc2ccc(C(F)(F)F)cc2)CCN1S(=O)(=O)c1ccc(N2CCOCC2)nc1. The van der Waals surface area contributed by atoms with Gasteiger partial charge in [0.25, 0.3) is 0 Å². The summed E-state index contributed by atoms with van der Waals surface area (Å²) in [6.45, 7) is 2.59. The predicted molar refractivity (Wildman–Crippen MR) is 149 cm³/mol. The number of piperazine rings is 1. The largest absolute Gasteiger partial charge is 0.416 e. The van der Waals surface area contributed by atoms with Gasteiger partial charge in [0, 0.05) is 57.8 Å². The summed E-state index contributed by atoms with van der Waals surface area (Å²) < 4.78 is 78.2. The van der Waals surface area contributed by atoms with Crippen molar-refractivity contribution in [3.8, 4) is 0 Å². The number of benzene rings is 1. The zero-order chi connectivity index (χ0) is 30.6. The fourth-order valence-electron chi connectivity index (χ4n) is 5.17. The number of morpholine rings is 1. The third-order valence-corrected chi connectivity index (χ3v) is 9.47. The van der Waals surface area contributed by atoms with Gasteiger partial charge in [-0.1, -0.05) is 0 Å². The lowest BCUT2D eigenvalue weighted by atomic mass is 10.2. The van der Waals surface area contributed by atoms with Crippen molar-refractivity contribution < 1.29 is 40.7 Å². The van der Waals surface area contributed by atoms with Crippen molar-refractivity contribution in [2.24, 2.45) is 0 Å². The first-order valence-electron chi connectivity index (χ1n) is 14.0. The van der Waals surface area contributed by atoms with Crippen LogP contribution in [0.25, 0.3) is 0 Å². The molecule has 0 spiro atoms. The van der Waals surface area contributed by atoms with Gasteiger partial charge in [-0.05, 0) is 49.2 Å². The quantitative estimate of drug-likeness (QED) is 0.478. The second kappa shape index (κ2) is 13.0. The molecule has 3 saturated heterocycles. The molecule has 4 heterocycles. The second-order valence-corrected chi connectivity index (χ2v) is 12.3. The molecule has 43 heavy (non-hydrogen) atoms. The van der Waals surface area contributed by atoms with Crippen LogP contribution in [0.3, 0.4) is 0 Å². The van der Waals surface area contributed by atoms with Crippen molar-refractivity contribution in [1.82, 2.24) is 19.5 Å². The number of aromatic nitrogens is 1. The molecule has 0 radical (unpaired) electrons. The van der Waals surface area contributed by atoms with Crippen molar-refractivity contribution in [1.29, 1.82) is 0 Å². The van der Waals surface area contributed by atoms with Crippen LogP contribution in [0.2, 0.25) is 0 Å². The first kappa shape index (κ1) is 31.0. The Balaban J connectivity index is 1.31. The number of rotatable bonds is 7. The van der Waals surface area contributed by atoms with E-state index in [0.29, 0.717) is 38.7 Å². The van der Waals surface area contributed by atoms with Crippen molar-refractivity contribution in [3.05, 3.63) is 48.2 Å². The van der Waals surface area contributed by atoms with Crippen molar-refractivity contribution in [3.63, 3.8) is 0 Å². The molecule has 3 amide bonds. The van der Waals surface area contributed by atoms with Crippen LogP contribution in [-0.4, -0.2) is 106 Å². The summed E-state index contributed by atoms with van der Waals surface area (Å²) in [6.07, 6.45) is -1.84. The highest BCUT2D eigenvalue weighted by Crippen LogP contribution is 2.30. The van der Waals surface area contributed by atoms with Crippen LogP contribution in [-0.2, 0) is 30.5 Å². The third kappa shape index (κ3) is 7.37. The number of ether oxygens (including phenoxy) is 2. The Morgan fingerprint density at radius 2 is 1.74 bits per heavy atom. The zero-order valence-corrected chi connectivity index (χ0v) is 24.1. The summed E-state index contributed by atoms with van der Waals surface area (Å²) >= 11 is 0. The highest BCUT2D eigenvalue weighted by Gasteiger charge is 2.42. The lowest BCUT2D eigenvalue weighted by Crippen LogP contribution is -2.62. The monoisotopic (exact) mass is 626 g/mol. The zero-order valence-electron chi connectivity index (χ0n) is 23.3. The molecule has 12 nitrogen and oxygen atoms in total. The van der Waals surface area contributed by atoms with E-state index < -0.39 is 39.7 Å². The fraction of sp³-hybridized carbons (Fsp3) is 0.519. The van der Waals surface area contributed by atoms with Crippen LogP contribution in [0, 0.1) is 0 Å². The number of alkyl halides is 3. The summed E-state index contributed by atoms with van der Waals surface area (Å²) in [7, 11) is -4.20. The van der Waals surface area contributed by atoms with E-state index in [0.717, 1.165) is 41.4 Å². The Kier molecular flexibility index (Phi) is 9.39. The van der Waals surface area contributed by atoms with E-state index in [2.05, 4.69) is 15.6 Å². The number of halogens is 3. The van der Waals surface area contributed by atoms with E-state index >= 15 is 0 Å². The third-order valence-electron chi connectivity index (χ3n) is 7.57. The summed E-state index contributed by atoms with van der Waals surface area (Å²) in [5.41, 5.74) is -0.737. The molecule has 3 aliphatic heterocycles. The number of urea groups is 1. The number of hydrogen-bond acceptors (Lipinski definition) is 8. The fourth-order valence-corrected chi connectivity index (χ4v) is 6.69. The number of sulfonamides is 1. The summed E-state index contributed by atoms with van der Waals surface area (Å²) in [4.78, 5) is 33.9. The van der Waals surface area contributed by atoms with Gasteiger partial charge in [-0.15, -0.1) is 0 Å². The number of nitrogens with one attached hydrogen (secondary N) is 2. The standard InChI is InChI=1S/C27H33F3N6O6S/c28-27(29,30)19-3-5-20(6-4-19)33-26(38)35-9-10-36(23(18-35)25(37)32-16-21-2-1-13-42-21)43(39,40)22-7-8-24(31-17-22)34-11-14-41-15-12-34/h3-8,17,21,23H,1-2,9-16,18H2,(H,32,37)(H,33,38). The van der Waals surface area contributed by atoms with Gasteiger partial charge in [0.15, 0.2) is 0 Å². The molecular formula is C27H33F3N6O6S. The van der Waals surface area contributed by atoms with Gasteiger partial charge in [-0.3, -0.25) is 4.79 Å². The first-order valence-corrected chi connectivity index (χ1v) is 15.4. The highest BCUT2D eigenvalue weighted by molar-refractivity contribution is 7.89. The number of hydrogen-bond donors (Lipinski definition) is 2. The van der Waals surface area contributed by atoms with E-state index in [-0.39, 0.29) is 42.9 Å². The smallest absolute Gasteiger partial charge is 0.378 e. The summed E-state index contributed by atoms with van der Waals surface area (Å²) in [5.74, 6) is 0.0156. The second-order valence-electron chi connectivity index (χ2n) is 10.4. The molecule has 16 heteroatoms. The van der Waals surface area contributed by atoms with Crippen LogP contribution in [0.1, 0.15) is 18.4 Å². The molecular weight excluding hydrogens is 593 g/mol. The molecule has 2 unspecified atom stereocenters. The van der Waals surface area contributed by atoms with Crippen molar-refractivity contribution >= 4 is 33.5 Å². The molecule has 0 saturated carbocycles. The maximum Gasteiger partial charge on any atom is 0.416 e. The van der Waals surface area contributed by atoms with Crippen molar-refractivity contribution in [2.75, 3.05) is 69.3 Å². The molecule has 234 valence electrons. The number of amides is 3. The molecule has 0 bridgehead atoms. The van der Waals surface area contributed by atoms with Crippen LogP contribution in [0.15, 0.2) is 47.5 Å². The molecule has 3 aliphatic rings. The first-order chi connectivity index (χ1) is 20.5. The van der Waals surface area contributed by atoms with E-state index in [4.69, 9.17) is 9.47 Å². The van der Waals surface area contributed by atoms with Crippen LogP contribution in [0.5, 0.6) is 0 Å². The molecule has 2 atom stereocenters. The molecule has 5 rings (SSSR count). The van der Waals surface area contributed by atoms with E-state index in [9.17, 15) is 31.2 Å². The van der Waals surface area contributed by atoms with Crippen LogP contribution >= 0.6 is 0 Å². The lowest BCUT2D eigenvalue weighted by molar-refractivity contribution is -0.137. The van der Waals surface area contributed by atoms with Crippen LogP contribution < -0.4 is 15.5 Å². The number of anilines is 2. The number of carbonyl (C=O) groups excluding carboxylic acids is 2. The number of pyridine rings is 1. The van der Waals surface area contributed by atoms with Gasteiger partial charge >= 0.3 is 12.2 Å². The Morgan fingerprint density at radius 1 is 1.00 bits per heavy atom. The Labute approximate surface area is 247 Å². The van der Waals surface area contributed by atoms with E-state index in [1.165, 1.54) is 17.2 Å². The minimum Gasteiger partial charge on any atom is -0.378 e. The Bertz CT molecular complexity index is 1380. The van der Waals surface area contributed by atoms with Crippen LogP contribution in [0.4, 0.5) is 29.5 Å². The van der Waals surface area contributed by atoms with Gasteiger partial charge < -0.3 is 29.9 Å². The average molecular weight is 627 g/mol. The van der Waals surface area contributed by atoms with Gasteiger partial charge in [-0.2, -0.15) is 17.5 Å². The van der Waals surface area contributed by atoms with Gasteiger partial charge in [0.1, 0.15) is 16.8 Å². The highest BCUT2D eigenvalue weighted by atomic mass is 32.2. The lowest BCUT2D eigenvalue weighted by Gasteiger charge is -2.39. The number of carbonyl (C=O) groups is 2. The number of nitrogens with zero attached hydrogens (tertiary/aromatic N) is 4. The van der Waals surface area contributed by atoms with Gasteiger partial charge in [0.2, 0.25) is 15.9 Å². The molecule has 1 aromatic heterocycles. The Hall–Kier alpha value is -3.47. The van der Waals surface area contributed by atoms with Gasteiger partial charge in [-0.25, -0.2) is 18.2 Å². The molecule has 1 aromatic carbocycles. The maximum atomic E-state index is 13.8. The maximum absolute atomic E-state index is 13.8. The van der Waals surface area contributed by atoms with E-state index in [1.54, 1.807) is 6.07 Å². The summed E-state index contributed by atoms with van der Waals surface area (Å²) in [6, 6.07) is 5.06. The molecule has 3 fully saturated rings. The van der Waals surface area contributed by atoms with E-state index in [1.807, 2.05) is 4.90 Å². The Morgan fingerprint density at radius 3 is 2.37 bits per heavy atom.